The molecule has 0 amide bonds. The van der Waals surface area contributed by atoms with Crippen LogP contribution in [0.1, 0.15) is 38.3 Å². The van der Waals surface area contributed by atoms with Gasteiger partial charge < -0.3 is 9.84 Å². The van der Waals surface area contributed by atoms with Gasteiger partial charge in [-0.05, 0) is 56.5 Å². The Balaban J connectivity index is 2.20. The van der Waals surface area contributed by atoms with E-state index in [4.69, 9.17) is 4.74 Å². The molecule has 0 radical (unpaired) electrons. The number of carboxylic acids is 1. The molecule has 1 aromatic carbocycles. The third-order valence-corrected chi connectivity index (χ3v) is 3.90. The molecule has 0 bridgehead atoms. The highest BCUT2D eigenvalue weighted by atomic mass is 16.5. The van der Waals surface area contributed by atoms with Crippen LogP contribution in [0.4, 0.5) is 0 Å². The van der Waals surface area contributed by atoms with Crippen molar-refractivity contribution in [1.29, 1.82) is 0 Å². The van der Waals surface area contributed by atoms with Gasteiger partial charge in [0.2, 0.25) is 0 Å². The summed E-state index contributed by atoms with van der Waals surface area (Å²) in [5.41, 5.74) is 0.804. The van der Waals surface area contributed by atoms with Crippen LogP contribution in [0.2, 0.25) is 0 Å². The zero-order valence-electron chi connectivity index (χ0n) is 12.2. The molecule has 4 nitrogen and oxygen atoms in total. The van der Waals surface area contributed by atoms with Crippen LogP contribution >= 0.6 is 0 Å². The third-order valence-electron chi connectivity index (χ3n) is 3.90. The lowest BCUT2D eigenvalue weighted by Crippen LogP contribution is -2.39. The van der Waals surface area contributed by atoms with Crippen LogP contribution in [-0.4, -0.2) is 35.7 Å². The minimum absolute atomic E-state index is 0.567. The summed E-state index contributed by atoms with van der Waals surface area (Å²) in [5.74, 6) is 0.644. The minimum atomic E-state index is -0.784. The fraction of sp³-hybridized carbons (Fsp3) is 0.562. The molecule has 4 heteroatoms. The molecule has 0 aromatic heterocycles. The van der Waals surface area contributed by atoms with Gasteiger partial charge in [-0.1, -0.05) is 19.1 Å². The molecule has 1 fully saturated rings. The van der Waals surface area contributed by atoms with Gasteiger partial charge in [0, 0.05) is 0 Å². The van der Waals surface area contributed by atoms with Gasteiger partial charge in [-0.15, -0.1) is 0 Å². The van der Waals surface area contributed by atoms with Crippen molar-refractivity contribution in [1.82, 2.24) is 4.90 Å². The highest BCUT2D eigenvalue weighted by Crippen LogP contribution is 2.28. The van der Waals surface area contributed by atoms with Gasteiger partial charge in [0.25, 0.3) is 0 Å². The van der Waals surface area contributed by atoms with E-state index in [1.165, 1.54) is 0 Å². The van der Waals surface area contributed by atoms with Crippen molar-refractivity contribution >= 4 is 5.97 Å². The number of ether oxygens (including phenoxy) is 1. The van der Waals surface area contributed by atoms with Gasteiger partial charge in [0.05, 0.1) is 6.61 Å². The second-order valence-electron chi connectivity index (χ2n) is 5.46. The number of carbonyl (C=O) groups is 1. The average Bonchev–Trinajstić information content (AvgIpc) is 2.42. The van der Waals surface area contributed by atoms with Crippen LogP contribution in [-0.2, 0) is 4.79 Å². The normalized spacial score (nSPS) is 18.7. The van der Waals surface area contributed by atoms with E-state index >= 15 is 0 Å². The summed E-state index contributed by atoms with van der Waals surface area (Å²) in [4.78, 5) is 13.7. The highest BCUT2D eigenvalue weighted by molar-refractivity contribution is 5.75. The number of hydrogen-bond donors (Lipinski definition) is 1. The number of benzene rings is 1. The van der Waals surface area contributed by atoms with E-state index in [9.17, 15) is 9.90 Å². The Labute approximate surface area is 120 Å². The molecular weight excluding hydrogens is 254 g/mol. The Bertz CT molecular complexity index is 453. The Kier molecular flexibility index (Phi) is 5.01. The molecule has 1 aliphatic heterocycles. The summed E-state index contributed by atoms with van der Waals surface area (Å²) in [6, 6.07) is 6.88. The van der Waals surface area contributed by atoms with Gasteiger partial charge in [-0.2, -0.15) is 0 Å². The molecule has 1 unspecified atom stereocenters. The summed E-state index contributed by atoms with van der Waals surface area (Å²) >= 11 is 0. The molecule has 110 valence electrons. The van der Waals surface area contributed by atoms with Crippen LogP contribution in [0.5, 0.6) is 5.75 Å². The van der Waals surface area contributed by atoms with Gasteiger partial charge in [0.15, 0.2) is 0 Å². The molecule has 0 saturated carbocycles. The number of carboxylic acid groups (broad SMARTS) is 1. The van der Waals surface area contributed by atoms with E-state index in [0.717, 1.165) is 37.2 Å². The highest BCUT2D eigenvalue weighted by Gasteiger charge is 2.30. The first kappa shape index (κ1) is 14.9. The van der Waals surface area contributed by atoms with Crippen molar-refractivity contribution in [2.24, 2.45) is 5.92 Å². The zero-order valence-corrected chi connectivity index (χ0v) is 12.2. The van der Waals surface area contributed by atoms with Crippen molar-refractivity contribution < 1.29 is 14.6 Å². The maximum absolute atomic E-state index is 11.7. The van der Waals surface area contributed by atoms with Crippen molar-refractivity contribution in [2.75, 3.05) is 19.7 Å². The third kappa shape index (κ3) is 3.51. The lowest BCUT2D eigenvalue weighted by atomic mass is 9.96. The maximum Gasteiger partial charge on any atom is 0.325 e. The molecule has 2 rings (SSSR count). The topological polar surface area (TPSA) is 49.8 Å². The molecule has 1 saturated heterocycles. The van der Waals surface area contributed by atoms with Crippen LogP contribution in [0.15, 0.2) is 24.3 Å². The predicted octanol–water partition coefficient (Wildman–Crippen LogP) is 2.94. The van der Waals surface area contributed by atoms with E-state index in [0.29, 0.717) is 12.5 Å². The first-order valence-electron chi connectivity index (χ1n) is 7.31. The van der Waals surface area contributed by atoms with E-state index < -0.39 is 12.0 Å². The van der Waals surface area contributed by atoms with Crippen LogP contribution in [0, 0.1) is 5.92 Å². The molecule has 1 heterocycles. The van der Waals surface area contributed by atoms with Gasteiger partial charge >= 0.3 is 5.97 Å². The fourth-order valence-electron chi connectivity index (χ4n) is 2.74. The molecule has 0 spiro atoms. The summed E-state index contributed by atoms with van der Waals surface area (Å²) in [6.07, 6.45) is 2.13. The van der Waals surface area contributed by atoms with Crippen LogP contribution in [0.3, 0.4) is 0 Å². The number of likely N-dealkylation sites (tertiary alicyclic amines) is 1. The number of hydrogen-bond acceptors (Lipinski definition) is 3. The van der Waals surface area contributed by atoms with Crippen molar-refractivity contribution in [3.05, 3.63) is 29.8 Å². The van der Waals surface area contributed by atoms with Crippen LogP contribution < -0.4 is 4.74 Å². The lowest BCUT2D eigenvalue weighted by Gasteiger charge is -2.34. The Morgan fingerprint density at radius 1 is 1.45 bits per heavy atom. The predicted molar refractivity (Wildman–Crippen MR) is 78.0 cm³/mol. The SMILES string of the molecule is CCOc1cccc(C(C(=O)O)N2CCC(C)CC2)c1. The number of rotatable bonds is 5. The van der Waals surface area contributed by atoms with E-state index in [2.05, 4.69) is 11.8 Å². The van der Waals surface area contributed by atoms with E-state index in [1.54, 1.807) is 0 Å². The summed E-state index contributed by atoms with van der Waals surface area (Å²) in [5, 5.41) is 9.58. The molecule has 1 aliphatic rings. The summed E-state index contributed by atoms with van der Waals surface area (Å²) < 4.78 is 5.47. The average molecular weight is 277 g/mol. The van der Waals surface area contributed by atoms with E-state index in [-0.39, 0.29) is 0 Å². The number of aliphatic carboxylic acids is 1. The summed E-state index contributed by atoms with van der Waals surface area (Å²) in [6.45, 7) is 6.42. The van der Waals surface area contributed by atoms with Gasteiger partial charge in [0.1, 0.15) is 11.8 Å². The second-order valence-corrected chi connectivity index (χ2v) is 5.46. The molecule has 1 aromatic rings. The second kappa shape index (κ2) is 6.75. The Morgan fingerprint density at radius 3 is 2.75 bits per heavy atom. The maximum atomic E-state index is 11.7. The Hall–Kier alpha value is -1.55. The van der Waals surface area contributed by atoms with Crippen molar-refractivity contribution in [3.8, 4) is 5.75 Å². The largest absolute Gasteiger partial charge is 0.494 e. The molecular formula is C16H23NO3. The molecule has 20 heavy (non-hydrogen) atoms. The van der Waals surface area contributed by atoms with Gasteiger partial charge in [-0.25, -0.2) is 0 Å². The monoisotopic (exact) mass is 277 g/mol. The molecule has 1 N–H and O–H groups in total. The fourth-order valence-corrected chi connectivity index (χ4v) is 2.74. The van der Waals surface area contributed by atoms with Crippen molar-refractivity contribution in [2.45, 2.75) is 32.7 Å². The molecule has 1 atom stereocenters. The van der Waals surface area contributed by atoms with Crippen molar-refractivity contribution in [3.63, 3.8) is 0 Å². The lowest BCUT2D eigenvalue weighted by molar-refractivity contribution is -0.144. The quantitative estimate of drug-likeness (QED) is 0.899. The van der Waals surface area contributed by atoms with Gasteiger partial charge in [-0.3, -0.25) is 9.69 Å². The van der Waals surface area contributed by atoms with E-state index in [1.807, 2.05) is 31.2 Å². The summed E-state index contributed by atoms with van der Waals surface area (Å²) in [7, 11) is 0. The number of piperidine rings is 1. The minimum Gasteiger partial charge on any atom is -0.494 e. The first-order valence-corrected chi connectivity index (χ1v) is 7.31. The number of nitrogens with zero attached hydrogens (tertiary/aromatic N) is 1. The standard InChI is InChI=1S/C16H23NO3/c1-3-20-14-6-4-5-13(11-14)15(16(18)19)17-9-7-12(2)8-10-17/h4-6,11-12,15H,3,7-10H2,1-2H3,(H,18,19). The first-order chi connectivity index (χ1) is 9.61. The van der Waals surface area contributed by atoms with Crippen LogP contribution in [0.25, 0.3) is 0 Å². The zero-order chi connectivity index (χ0) is 14.5. The molecule has 0 aliphatic carbocycles. The smallest absolute Gasteiger partial charge is 0.325 e. The Morgan fingerprint density at radius 2 is 2.15 bits per heavy atom.